The van der Waals surface area contributed by atoms with Crippen molar-refractivity contribution in [3.63, 3.8) is 0 Å². The molecule has 0 radical (unpaired) electrons. The Kier molecular flexibility index (Phi) is 5.15. The first-order chi connectivity index (χ1) is 13.6. The summed E-state index contributed by atoms with van der Waals surface area (Å²) in [5, 5.41) is 7.13. The van der Waals surface area contributed by atoms with E-state index in [2.05, 4.69) is 10.5 Å². The molecule has 1 N–H and O–H groups in total. The molecule has 0 aliphatic carbocycles. The van der Waals surface area contributed by atoms with Crippen molar-refractivity contribution in [2.75, 3.05) is 0 Å². The minimum Gasteiger partial charge on any atom is -0.455 e. The smallest absolute Gasteiger partial charge is 0.271 e. The van der Waals surface area contributed by atoms with E-state index in [0.717, 1.165) is 10.8 Å². The van der Waals surface area contributed by atoms with Gasteiger partial charge in [0.25, 0.3) is 5.91 Å². The van der Waals surface area contributed by atoms with Gasteiger partial charge in [-0.05, 0) is 53.2 Å². The first-order valence-corrected chi connectivity index (χ1v) is 9.23. The van der Waals surface area contributed by atoms with E-state index in [1.54, 1.807) is 36.4 Å². The van der Waals surface area contributed by atoms with Gasteiger partial charge in [0.05, 0.1) is 11.2 Å². The molecule has 1 heterocycles. The van der Waals surface area contributed by atoms with E-state index in [9.17, 15) is 4.79 Å². The number of hydrazone groups is 1. The van der Waals surface area contributed by atoms with Gasteiger partial charge in [-0.2, -0.15) is 5.10 Å². The predicted molar refractivity (Wildman–Crippen MR) is 113 cm³/mol. The van der Waals surface area contributed by atoms with Gasteiger partial charge in [0.2, 0.25) is 0 Å². The van der Waals surface area contributed by atoms with Crippen molar-refractivity contribution >= 4 is 46.1 Å². The molecule has 0 saturated carbocycles. The van der Waals surface area contributed by atoms with Crippen LogP contribution in [0, 0.1) is 0 Å². The van der Waals surface area contributed by atoms with Crippen LogP contribution in [0.15, 0.2) is 82.3 Å². The number of nitrogens with zero attached hydrogens (tertiary/aromatic N) is 1. The van der Waals surface area contributed by atoms with Gasteiger partial charge in [-0.15, -0.1) is 0 Å². The molecule has 28 heavy (non-hydrogen) atoms. The van der Waals surface area contributed by atoms with Crippen LogP contribution in [0.1, 0.15) is 16.1 Å². The van der Waals surface area contributed by atoms with E-state index in [1.165, 1.54) is 6.21 Å². The number of hydrogen-bond acceptors (Lipinski definition) is 3. The van der Waals surface area contributed by atoms with Crippen LogP contribution in [0.3, 0.4) is 0 Å². The average molecular weight is 409 g/mol. The monoisotopic (exact) mass is 408 g/mol. The first kappa shape index (κ1) is 18.3. The fraction of sp³-hybridized carbons (Fsp3) is 0. The number of amides is 1. The summed E-state index contributed by atoms with van der Waals surface area (Å²) in [6.07, 6.45) is 1.43. The van der Waals surface area contributed by atoms with Crippen LogP contribution >= 0.6 is 23.2 Å². The molecule has 0 fully saturated rings. The highest BCUT2D eigenvalue weighted by Gasteiger charge is 2.09. The van der Waals surface area contributed by atoms with Crippen molar-refractivity contribution < 1.29 is 9.21 Å². The standard InChI is InChI=1S/C22H14Cl2N2O2/c23-17-7-9-20(24)19(12-17)21-10-8-18(28-21)13-25-26-22(27)16-6-5-14-3-1-2-4-15(14)11-16/h1-13H,(H,26,27)/b25-13+. The minimum atomic E-state index is -0.299. The largest absolute Gasteiger partial charge is 0.455 e. The van der Waals surface area contributed by atoms with E-state index in [1.807, 2.05) is 36.4 Å². The third-order valence-corrected chi connectivity index (χ3v) is 4.75. The van der Waals surface area contributed by atoms with Crippen molar-refractivity contribution in [3.05, 3.63) is 94.2 Å². The summed E-state index contributed by atoms with van der Waals surface area (Å²) in [4.78, 5) is 12.3. The Morgan fingerprint density at radius 2 is 1.75 bits per heavy atom. The van der Waals surface area contributed by atoms with Gasteiger partial charge in [-0.1, -0.05) is 53.5 Å². The Hall–Kier alpha value is -3.08. The lowest BCUT2D eigenvalue weighted by molar-refractivity contribution is 0.0955. The Balaban J connectivity index is 1.46. The fourth-order valence-corrected chi connectivity index (χ4v) is 3.19. The van der Waals surface area contributed by atoms with E-state index in [4.69, 9.17) is 27.6 Å². The third kappa shape index (κ3) is 3.93. The van der Waals surface area contributed by atoms with Crippen molar-refractivity contribution in [2.24, 2.45) is 5.10 Å². The molecule has 4 nitrogen and oxygen atoms in total. The van der Waals surface area contributed by atoms with E-state index < -0.39 is 0 Å². The molecule has 0 bridgehead atoms. The normalized spacial score (nSPS) is 11.2. The molecule has 0 atom stereocenters. The lowest BCUT2D eigenvalue weighted by Crippen LogP contribution is -2.17. The van der Waals surface area contributed by atoms with E-state index in [0.29, 0.717) is 32.7 Å². The number of fused-ring (bicyclic) bond motifs is 1. The maximum Gasteiger partial charge on any atom is 0.271 e. The molecule has 3 aromatic carbocycles. The second-order valence-electron chi connectivity index (χ2n) is 6.09. The maximum atomic E-state index is 12.3. The Morgan fingerprint density at radius 1 is 0.929 bits per heavy atom. The number of rotatable bonds is 4. The average Bonchev–Trinajstić information content (AvgIpc) is 3.18. The van der Waals surface area contributed by atoms with Crippen LogP contribution < -0.4 is 5.43 Å². The lowest BCUT2D eigenvalue weighted by atomic mass is 10.1. The highest BCUT2D eigenvalue weighted by atomic mass is 35.5. The van der Waals surface area contributed by atoms with Gasteiger partial charge in [0, 0.05) is 16.1 Å². The molecule has 0 spiro atoms. The number of carbonyl (C=O) groups excluding carboxylic acids is 1. The molecule has 0 aliphatic rings. The van der Waals surface area contributed by atoms with Crippen LogP contribution in [-0.2, 0) is 0 Å². The van der Waals surface area contributed by atoms with Gasteiger partial charge >= 0.3 is 0 Å². The SMILES string of the molecule is O=C(N/N=C/c1ccc(-c2cc(Cl)ccc2Cl)o1)c1ccc2ccccc2c1. The second-order valence-corrected chi connectivity index (χ2v) is 6.93. The number of furan rings is 1. The zero-order chi connectivity index (χ0) is 19.5. The number of nitrogens with one attached hydrogen (secondary N) is 1. The van der Waals surface area contributed by atoms with Crippen molar-refractivity contribution in [2.45, 2.75) is 0 Å². The molecule has 0 aliphatic heterocycles. The zero-order valence-corrected chi connectivity index (χ0v) is 16.0. The summed E-state index contributed by atoms with van der Waals surface area (Å²) < 4.78 is 5.71. The molecule has 1 amide bonds. The van der Waals surface area contributed by atoms with Crippen LogP contribution in [-0.4, -0.2) is 12.1 Å². The number of hydrogen-bond donors (Lipinski definition) is 1. The van der Waals surface area contributed by atoms with Crippen molar-refractivity contribution in [1.82, 2.24) is 5.43 Å². The summed E-state index contributed by atoms with van der Waals surface area (Å²) in [7, 11) is 0. The van der Waals surface area contributed by atoms with Gasteiger partial charge in [-0.25, -0.2) is 5.43 Å². The lowest BCUT2D eigenvalue weighted by Gasteiger charge is -2.02. The fourth-order valence-electron chi connectivity index (χ4n) is 2.80. The zero-order valence-electron chi connectivity index (χ0n) is 14.5. The molecular weight excluding hydrogens is 395 g/mol. The summed E-state index contributed by atoms with van der Waals surface area (Å²) in [6, 6.07) is 22.0. The quantitative estimate of drug-likeness (QED) is 0.324. The second kappa shape index (κ2) is 7.89. The van der Waals surface area contributed by atoms with Crippen LogP contribution in [0.25, 0.3) is 22.1 Å². The van der Waals surface area contributed by atoms with E-state index in [-0.39, 0.29) is 5.91 Å². The van der Waals surface area contributed by atoms with Gasteiger partial charge in [0.1, 0.15) is 11.5 Å². The Bertz CT molecular complexity index is 1200. The predicted octanol–water partition coefficient (Wildman–Crippen LogP) is 6.17. The molecule has 6 heteroatoms. The Labute approximate surface area is 171 Å². The third-order valence-electron chi connectivity index (χ3n) is 4.19. The molecule has 0 saturated heterocycles. The maximum absolute atomic E-state index is 12.3. The minimum absolute atomic E-state index is 0.299. The molecule has 0 unspecified atom stereocenters. The molecule has 4 rings (SSSR count). The van der Waals surface area contributed by atoms with E-state index >= 15 is 0 Å². The van der Waals surface area contributed by atoms with Crippen LogP contribution in [0.2, 0.25) is 10.0 Å². The molecule has 4 aromatic rings. The van der Waals surface area contributed by atoms with Gasteiger partial charge < -0.3 is 4.42 Å². The number of benzene rings is 3. The highest BCUT2D eigenvalue weighted by Crippen LogP contribution is 2.31. The summed E-state index contributed by atoms with van der Waals surface area (Å²) in [5.74, 6) is 0.742. The summed E-state index contributed by atoms with van der Waals surface area (Å²) in [5.41, 5.74) is 3.72. The topological polar surface area (TPSA) is 54.6 Å². The molecule has 138 valence electrons. The Morgan fingerprint density at radius 3 is 2.61 bits per heavy atom. The molecule has 1 aromatic heterocycles. The molecular formula is C22H14Cl2N2O2. The highest BCUT2D eigenvalue weighted by molar-refractivity contribution is 6.35. The van der Waals surface area contributed by atoms with Crippen LogP contribution in [0.4, 0.5) is 0 Å². The first-order valence-electron chi connectivity index (χ1n) is 8.47. The van der Waals surface area contributed by atoms with Crippen molar-refractivity contribution in [1.29, 1.82) is 0 Å². The summed E-state index contributed by atoms with van der Waals surface area (Å²) >= 11 is 12.2. The summed E-state index contributed by atoms with van der Waals surface area (Å²) in [6.45, 7) is 0. The number of halogens is 2. The van der Waals surface area contributed by atoms with Gasteiger partial charge in [-0.3, -0.25) is 4.79 Å². The van der Waals surface area contributed by atoms with Crippen LogP contribution in [0.5, 0.6) is 0 Å². The van der Waals surface area contributed by atoms with Crippen molar-refractivity contribution in [3.8, 4) is 11.3 Å². The number of carbonyl (C=O) groups is 1. The van der Waals surface area contributed by atoms with Gasteiger partial charge in [0.15, 0.2) is 0 Å².